The minimum absolute atomic E-state index is 0.166. The zero-order valence-corrected chi connectivity index (χ0v) is 19.8. The van der Waals surface area contributed by atoms with Crippen LogP contribution in [-0.2, 0) is 0 Å². The predicted molar refractivity (Wildman–Crippen MR) is 128 cm³/mol. The second-order valence-corrected chi connectivity index (χ2v) is 9.22. The number of halogens is 1. The first-order chi connectivity index (χ1) is 15.4. The van der Waals surface area contributed by atoms with Crippen LogP contribution in [0.4, 0.5) is 0 Å². The molecule has 1 fully saturated rings. The molecule has 2 aromatic heterocycles. The minimum Gasteiger partial charge on any atom is -0.480 e. The lowest BCUT2D eigenvalue weighted by Crippen LogP contribution is -2.50. The highest BCUT2D eigenvalue weighted by atomic mass is 127. The Balaban J connectivity index is 1.48. The Labute approximate surface area is 198 Å². The number of rotatable bonds is 4. The SMILES string of the molecule is COc1nccc(I)c1-c1nc2cc3c(cc2[nH]1)C(=O)N(C1CCN(B(C)O)CC1)C3=O. The Bertz CT molecular complexity index is 1190. The molecule has 0 spiro atoms. The van der Waals surface area contributed by atoms with Crippen molar-refractivity contribution in [1.29, 1.82) is 0 Å². The molecule has 9 nitrogen and oxygen atoms in total. The molecule has 1 saturated heterocycles. The molecule has 0 atom stereocenters. The van der Waals surface area contributed by atoms with Crippen molar-refractivity contribution in [3.63, 3.8) is 0 Å². The third-order valence-corrected chi connectivity index (χ3v) is 7.11. The van der Waals surface area contributed by atoms with Crippen LogP contribution in [0, 0.1) is 3.57 Å². The molecular weight excluding hydrogens is 524 g/mol. The van der Waals surface area contributed by atoms with E-state index >= 15 is 0 Å². The number of methoxy groups -OCH3 is 1. The van der Waals surface area contributed by atoms with E-state index < -0.39 is 7.05 Å². The fraction of sp³-hybridized carbons (Fsp3) is 0.333. The van der Waals surface area contributed by atoms with Crippen LogP contribution in [0.1, 0.15) is 33.6 Å². The van der Waals surface area contributed by atoms with Gasteiger partial charge in [-0.25, -0.2) is 9.97 Å². The Hall–Kier alpha value is -2.51. The first-order valence-electron chi connectivity index (χ1n) is 10.4. The van der Waals surface area contributed by atoms with Gasteiger partial charge in [0.2, 0.25) is 5.88 Å². The number of aromatic amines is 1. The number of imide groups is 1. The molecule has 11 heteroatoms. The minimum atomic E-state index is -0.527. The van der Waals surface area contributed by atoms with Crippen LogP contribution in [0.2, 0.25) is 6.82 Å². The topological polar surface area (TPSA) is 112 Å². The van der Waals surface area contributed by atoms with Crippen molar-refractivity contribution < 1.29 is 19.3 Å². The number of ether oxygens (including phenoxy) is 1. The highest BCUT2D eigenvalue weighted by molar-refractivity contribution is 14.1. The Morgan fingerprint density at radius 3 is 2.56 bits per heavy atom. The van der Waals surface area contributed by atoms with Gasteiger partial charge in [0.1, 0.15) is 5.82 Å². The van der Waals surface area contributed by atoms with Gasteiger partial charge in [-0.1, -0.05) is 0 Å². The third kappa shape index (κ3) is 3.39. The molecule has 2 N–H and O–H groups in total. The summed E-state index contributed by atoms with van der Waals surface area (Å²) in [4.78, 5) is 41.8. The summed E-state index contributed by atoms with van der Waals surface area (Å²) in [5.41, 5.74) is 2.78. The molecule has 3 aromatic rings. The molecule has 164 valence electrons. The van der Waals surface area contributed by atoms with Gasteiger partial charge < -0.3 is 19.6 Å². The summed E-state index contributed by atoms with van der Waals surface area (Å²) in [5.74, 6) is 0.471. The summed E-state index contributed by atoms with van der Waals surface area (Å²) < 4.78 is 6.30. The van der Waals surface area contributed by atoms with Crippen LogP contribution in [0.5, 0.6) is 5.88 Å². The van der Waals surface area contributed by atoms with Gasteiger partial charge in [0.25, 0.3) is 11.8 Å². The zero-order chi connectivity index (χ0) is 22.6. The number of hydrogen-bond acceptors (Lipinski definition) is 7. The van der Waals surface area contributed by atoms with Crippen LogP contribution >= 0.6 is 22.6 Å². The number of nitrogens with one attached hydrogen (secondary N) is 1. The van der Waals surface area contributed by atoms with Crippen LogP contribution in [0.25, 0.3) is 22.4 Å². The van der Waals surface area contributed by atoms with E-state index in [1.165, 1.54) is 4.90 Å². The number of nitrogens with zero attached hydrogens (tertiary/aromatic N) is 4. The molecule has 32 heavy (non-hydrogen) atoms. The van der Waals surface area contributed by atoms with E-state index in [9.17, 15) is 14.6 Å². The standard InChI is InChI=1S/C21H21BIN5O4/c1-22(31)27-7-4-11(5-8-27)28-20(29)12-9-15-16(10-13(12)21(28)30)26-18(25-15)17-14(23)3-6-24-19(17)32-2/h3,6,9-11,31H,4-5,7-8H2,1-2H3,(H,25,26). The van der Waals surface area contributed by atoms with Crippen molar-refractivity contribution in [2.75, 3.05) is 20.2 Å². The monoisotopic (exact) mass is 545 g/mol. The molecule has 2 aliphatic heterocycles. The third-order valence-electron chi connectivity index (χ3n) is 6.21. The number of piperidine rings is 1. The fourth-order valence-corrected chi connectivity index (χ4v) is 5.17. The Morgan fingerprint density at radius 2 is 1.91 bits per heavy atom. The molecule has 0 aliphatic carbocycles. The van der Waals surface area contributed by atoms with Gasteiger partial charge in [-0.15, -0.1) is 0 Å². The smallest absolute Gasteiger partial charge is 0.376 e. The fourth-order valence-electron chi connectivity index (χ4n) is 4.52. The second-order valence-electron chi connectivity index (χ2n) is 8.06. The molecule has 0 saturated carbocycles. The number of carbonyl (C=O) groups is 2. The van der Waals surface area contributed by atoms with Crippen molar-refractivity contribution in [2.24, 2.45) is 0 Å². The Morgan fingerprint density at radius 1 is 1.22 bits per heavy atom. The van der Waals surface area contributed by atoms with Gasteiger partial charge in [-0.3, -0.25) is 14.5 Å². The van der Waals surface area contributed by atoms with Crippen molar-refractivity contribution in [3.8, 4) is 17.3 Å². The van der Waals surface area contributed by atoms with Gasteiger partial charge in [0.05, 0.1) is 34.8 Å². The first-order valence-corrected chi connectivity index (χ1v) is 11.5. The van der Waals surface area contributed by atoms with Crippen LogP contribution < -0.4 is 4.74 Å². The molecule has 0 unspecified atom stereocenters. The van der Waals surface area contributed by atoms with E-state index in [4.69, 9.17) is 4.74 Å². The maximum Gasteiger partial charge on any atom is 0.376 e. The predicted octanol–water partition coefficient (Wildman–Crippen LogP) is 2.41. The lowest BCUT2D eigenvalue weighted by Gasteiger charge is -2.36. The average Bonchev–Trinajstić information content (AvgIpc) is 3.30. The molecule has 5 rings (SSSR count). The second kappa shape index (κ2) is 8.12. The van der Waals surface area contributed by atoms with Crippen LogP contribution in [-0.4, -0.2) is 74.8 Å². The molecule has 0 bridgehead atoms. The number of imidazole rings is 1. The lowest BCUT2D eigenvalue weighted by atomic mass is 9.82. The number of H-pyrrole nitrogens is 1. The maximum atomic E-state index is 13.2. The molecule has 1 aromatic carbocycles. The molecular formula is C21H21BIN5O4. The number of hydrogen-bond donors (Lipinski definition) is 2. The highest BCUT2D eigenvalue weighted by Crippen LogP contribution is 2.35. The number of benzene rings is 1. The van der Waals surface area contributed by atoms with Crippen LogP contribution in [0.15, 0.2) is 24.4 Å². The quantitative estimate of drug-likeness (QED) is 0.295. The highest BCUT2D eigenvalue weighted by Gasteiger charge is 2.42. The van der Waals surface area contributed by atoms with Crippen molar-refractivity contribution in [1.82, 2.24) is 24.7 Å². The first kappa shape index (κ1) is 21.3. The summed E-state index contributed by atoms with van der Waals surface area (Å²) in [7, 11) is 1.03. The summed E-state index contributed by atoms with van der Waals surface area (Å²) in [6, 6.07) is 5.09. The van der Waals surface area contributed by atoms with Gasteiger partial charge in [-0.05, 0) is 73.5 Å². The van der Waals surface area contributed by atoms with E-state index in [2.05, 4.69) is 37.5 Å². The number of pyridine rings is 1. The maximum absolute atomic E-state index is 13.2. The molecule has 2 aliphatic rings. The normalized spacial score (nSPS) is 17.3. The van der Waals surface area contributed by atoms with Crippen molar-refractivity contribution in [2.45, 2.75) is 25.7 Å². The number of aromatic nitrogens is 3. The summed E-state index contributed by atoms with van der Waals surface area (Å²) in [5, 5.41) is 9.77. The van der Waals surface area contributed by atoms with E-state index in [-0.39, 0.29) is 17.9 Å². The van der Waals surface area contributed by atoms with Crippen molar-refractivity contribution >= 4 is 52.5 Å². The van der Waals surface area contributed by atoms with Gasteiger partial charge >= 0.3 is 7.05 Å². The Kier molecular flexibility index (Phi) is 5.42. The van der Waals surface area contributed by atoms with Crippen LogP contribution in [0.3, 0.4) is 0 Å². The summed E-state index contributed by atoms with van der Waals surface area (Å²) >= 11 is 2.19. The zero-order valence-electron chi connectivity index (χ0n) is 17.6. The van der Waals surface area contributed by atoms with Gasteiger partial charge in [0, 0.05) is 15.8 Å². The average molecular weight is 545 g/mol. The molecule has 2 amide bonds. The number of fused-ring (bicyclic) bond motifs is 2. The van der Waals surface area contributed by atoms with E-state index in [0.29, 0.717) is 59.8 Å². The molecule has 4 heterocycles. The lowest BCUT2D eigenvalue weighted by molar-refractivity contribution is 0.0531. The van der Waals surface area contributed by atoms with Gasteiger partial charge in [0.15, 0.2) is 0 Å². The number of amides is 2. The summed E-state index contributed by atoms with van der Waals surface area (Å²) in [6.07, 6.45) is 2.96. The van der Waals surface area contributed by atoms with E-state index in [0.717, 1.165) is 9.13 Å². The van der Waals surface area contributed by atoms with E-state index in [1.807, 2.05) is 10.9 Å². The van der Waals surface area contributed by atoms with Crippen molar-refractivity contribution in [3.05, 3.63) is 39.1 Å². The largest absolute Gasteiger partial charge is 0.480 e. The summed E-state index contributed by atoms with van der Waals surface area (Å²) in [6.45, 7) is 3.02. The van der Waals surface area contributed by atoms with E-state index in [1.54, 1.807) is 32.3 Å². The molecule has 0 radical (unpaired) electrons. The number of carbonyl (C=O) groups excluding carboxylic acids is 2. The van der Waals surface area contributed by atoms with Gasteiger partial charge in [-0.2, -0.15) is 0 Å².